The summed E-state index contributed by atoms with van der Waals surface area (Å²) in [5.74, 6) is -1.16. The van der Waals surface area contributed by atoms with Gasteiger partial charge in [0.15, 0.2) is 11.1 Å². The van der Waals surface area contributed by atoms with Crippen LogP contribution in [0.4, 0.5) is 0 Å². The van der Waals surface area contributed by atoms with Crippen molar-refractivity contribution in [3.63, 3.8) is 0 Å². The normalized spacial score (nSPS) is 24.5. The van der Waals surface area contributed by atoms with E-state index in [4.69, 9.17) is 0 Å². The molecule has 0 aliphatic carbocycles. The lowest BCUT2D eigenvalue weighted by atomic mass is 9.96. The summed E-state index contributed by atoms with van der Waals surface area (Å²) in [6.07, 6.45) is 2.92. The van der Waals surface area contributed by atoms with E-state index < -0.39 is 17.0 Å². The quantitative estimate of drug-likeness (QED) is 0.734. The third-order valence-electron chi connectivity index (χ3n) is 4.92. The van der Waals surface area contributed by atoms with Crippen LogP contribution in [0.15, 0.2) is 17.0 Å². The zero-order valence-corrected chi connectivity index (χ0v) is 12.8. The molecule has 1 aromatic heterocycles. The summed E-state index contributed by atoms with van der Waals surface area (Å²) in [4.78, 5) is 11.7. The Morgan fingerprint density at radius 1 is 1.41 bits per heavy atom. The monoisotopic (exact) mass is 320 g/mol. The maximum atomic E-state index is 11.8. The molecule has 2 aliphatic heterocycles. The minimum Gasteiger partial charge on any atom is -0.478 e. The molecule has 0 radical (unpaired) electrons. The fourth-order valence-electron chi connectivity index (χ4n) is 4.02. The molecule has 0 amide bonds. The largest absolute Gasteiger partial charge is 0.478 e. The molecule has 0 saturated carbocycles. The highest BCUT2D eigenvalue weighted by molar-refractivity contribution is 7.79. The molecule has 3 unspecified atom stereocenters. The van der Waals surface area contributed by atoms with E-state index in [1.165, 1.54) is 6.07 Å². The Kier molecular flexibility index (Phi) is 2.94. The summed E-state index contributed by atoms with van der Waals surface area (Å²) in [6, 6.07) is 3.77. The third-order valence-corrected chi connectivity index (χ3v) is 5.64. The van der Waals surface area contributed by atoms with Crippen molar-refractivity contribution in [3.8, 4) is 0 Å². The predicted molar refractivity (Wildman–Crippen MR) is 81.5 cm³/mol. The number of carboxylic acid groups (broad SMARTS) is 1. The van der Waals surface area contributed by atoms with Gasteiger partial charge in [0.2, 0.25) is 0 Å². The van der Waals surface area contributed by atoms with Crippen molar-refractivity contribution in [1.29, 1.82) is 0 Å². The molecule has 3 heterocycles. The second-order valence-corrected chi connectivity index (χ2v) is 6.94. The minimum absolute atomic E-state index is 0.0338. The fourth-order valence-corrected chi connectivity index (χ4v) is 4.56. The third kappa shape index (κ3) is 1.73. The van der Waals surface area contributed by atoms with Crippen LogP contribution in [0, 0.1) is 0 Å². The van der Waals surface area contributed by atoms with Gasteiger partial charge in [0, 0.05) is 42.1 Å². The summed E-state index contributed by atoms with van der Waals surface area (Å²) < 4.78 is 23.0. The zero-order valence-electron chi connectivity index (χ0n) is 12.0. The van der Waals surface area contributed by atoms with Crippen molar-refractivity contribution < 1.29 is 18.7 Å². The molecule has 1 aromatic carbocycles. The maximum absolute atomic E-state index is 11.8. The van der Waals surface area contributed by atoms with Crippen molar-refractivity contribution >= 4 is 28.0 Å². The van der Waals surface area contributed by atoms with Crippen LogP contribution in [-0.2, 0) is 24.5 Å². The number of benzene rings is 1. The van der Waals surface area contributed by atoms with Crippen molar-refractivity contribution in [3.05, 3.63) is 29.0 Å². The average molecular weight is 320 g/mol. The van der Waals surface area contributed by atoms with Gasteiger partial charge in [-0.15, -0.1) is 0 Å². The number of nitrogens with one attached hydrogen (secondary N) is 1. The topological polar surface area (TPSA) is 91.6 Å². The summed E-state index contributed by atoms with van der Waals surface area (Å²) in [5.41, 5.74) is 2.91. The van der Waals surface area contributed by atoms with Gasteiger partial charge in [0.05, 0.1) is 10.5 Å². The highest BCUT2D eigenvalue weighted by atomic mass is 32.2. The first-order chi connectivity index (χ1) is 10.5. The standard InChI is InChI=1S/C15H16N2O4S/c1-17-9-4-5-11(22(20)21)14(15(18)19)13(9)12-8-3-2-7(16-8)6-10(12)17/h4-5,7-8,16H,2-3,6H2,1H3,(H,18,19)(H,20,21). The molecule has 2 bridgehead atoms. The number of carboxylic acids is 1. The number of carbonyl (C=O) groups is 1. The number of aryl methyl sites for hydroxylation is 1. The van der Waals surface area contributed by atoms with Crippen LogP contribution in [-0.4, -0.2) is 30.4 Å². The Balaban J connectivity index is 2.14. The number of aromatic nitrogens is 1. The van der Waals surface area contributed by atoms with Gasteiger partial charge >= 0.3 is 5.97 Å². The van der Waals surface area contributed by atoms with Gasteiger partial charge in [0.1, 0.15) is 0 Å². The number of rotatable bonds is 2. The Labute approximate surface area is 129 Å². The van der Waals surface area contributed by atoms with E-state index in [9.17, 15) is 18.7 Å². The van der Waals surface area contributed by atoms with Gasteiger partial charge in [0.25, 0.3) is 0 Å². The number of hydrogen-bond donors (Lipinski definition) is 3. The Bertz CT molecular complexity index is 842. The van der Waals surface area contributed by atoms with Gasteiger partial charge in [-0.2, -0.15) is 0 Å². The zero-order chi connectivity index (χ0) is 15.6. The van der Waals surface area contributed by atoms with Crippen molar-refractivity contribution in [2.75, 3.05) is 0 Å². The average Bonchev–Trinajstić information content (AvgIpc) is 2.99. The summed E-state index contributed by atoms with van der Waals surface area (Å²) in [5, 5.41) is 13.8. The number of nitrogens with zero attached hydrogens (tertiary/aromatic N) is 1. The molecule has 3 atom stereocenters. The Morgan fingerprint density at radius 2 is 2.18 bits per heavy atom. The van der Waals surface area contributed by atoms with E-state index in [1.807, 2.05) is 11.6 Å². The van der Waals surface area contributed by atoms with Gasteiger partial charge in [-0.1, -0.05) is 0 Å². The van der Waals surface area contributed by atoms with Crippen molar-refractivity contribution in [2.24, 2.45) is 7.05 Å². The van der Waals surface area contributed by atoms with Crippen molar-refractivity contribution in [1.82, 2.24) is 9.88 Å². The molecule has 4 rings (SSSR count). The van der Waals surface area contributed by atoms with E-state index >= 15 is 0 Å². The number of hydrogen-bond acceptors (Lipinski definition) is 3. The first-order valence-corrected chi connectivity index (χ1v) is 8.34. The van der Waals surface area contributed by atoms with Crippen molar-refractivity contribution in [2.45, 2.75) is 36.2 Å². The van der Waals surface area contributed by atoms with E-state index in [0.717, 1.165) is 36.0 Å². The molecular weight excluding hydrogens is 304 g/mol. The SMILES string of the molecule is Cn1c2c(c3c(C(=O)O)c(S(=O)O)ccc31)C1CCC(C2)N1. The summed E-state index contributed by atoms with van der Waals surface area (Å²) >= 11 is -2.32. The molecule has 116 valence electrons. The molecule has 1 saturated heterocycles. The molecular formula is C15H16N2O4S. The molecule has 2 aromatic rings. The predicted octanol–water partition coefficient (Wildman–Crippen LogP) is 1.81. The Hall–Kier alpha value is -1.70. The van der Waals surface area contributed by atoms with Crippen LogP contribution in [0.1, 0.15) is 40.5 Å². The van der Waals surface area contributed by atoms with E-state index in [1.54, 1.807) is 6.07 Å². The first-order valence-electron chi connectivity index (χ1n) is 7.23. The molecule has 2 aliphatic rings. The minimum atomic E-state index is -2.32. The van der Waals surface area contributed by atoms with Crippen LogP contribution in [0.5, 0.6) is 0 Å². The molecule has 1 fully saturated rings. The second-order valence-electron chi connectivity index (χ2n) is 6.00. The summed E-state index contributed by atoms with van der Waals surface area (Å²) in [7, 11) is 1.94. The fraction of sp³-hybridized carbons (Fsp3) is 0.400. The smallest absolute Gasteiger partial charge is 0.337 e. The van der Waals surface area contributed by atoms with E-state index in [-0.39, 0.29) is 16.5 Å². The Morgan fingerprint density at radius 3 is 2.86 bits per heavy atom. The number of aromatic carboxylic acids is 1. The maximum Gasteiger partial charge on any atom is 0.337 e. The van der Waals surface area contributed by atoms with E-state index in [2.05, 4.69) is 5.32 Å². The molecule has 7 heteroatoms. The molecule has 0 spiro atoms. The van der Waals surface area contributed by atoms with Crippen LogP contribution < -0.4 is 5.32 Å². The van der Waals surface area contributed by atoms with E-state index in [0.29, 0.717) is 11.4 Å². The highest BCUT2D eigenvalue weighted by Crippen LogP contribution is 2.43. The van der Waals surface area contributed by atoms with Gasteiger partial charge in [-0.25, -0.2) is 9.00 Å². The van der Waals surface area contributed by atoms with Gasteiger partial charge < -0.3 is 19.5 Å². The number of fused-ring (bicyclic) bond motifs is 6. The van der Waals surface area contributed by atoms with Gasteiger partial charge in [-0.3, -0.25) is 0 Å². The van der Waals surface area contributed by atoms with Crippen LogP contribution in [0.25, 0.3) is 10.9 Å². The van der Waals surface area contributed by atoms with Gasteiger partial charge in [-0.05, 0) is 30.5 Å². The second kappa shape index (κ2) is 4.65. The molecule has 3 N–H and O–H groups in total. The lowest BCUT2D eigenvalue weighted by Gasteiger charge is -2.23. The highest BCUT2D eigenvalue weighted by Gasteiger charge is 2.37. The van der Waals surface area contributed by atoms with Crippen LogP contribution in [0.2, 0.25) is 0 Å². The lowest BCUT2D eigenvalue weighted by molar-refractivity contribution is 0.0695. The summed E-state index contributed by atoms with van der Waals surface area (Å²) in [6.45, 7) is 0. The van der Waals surface area contributed by atoms with Crippen LogP contribution in [0.3, 0.4) is 0 Å². The molecule has 6 nitrogen and oxygen atoms in total. The van der Waals surface area contributed by atoms with Crippen LogP contribution >= 0.6 is 0 Å². The first kappa shape index (κ1) is 13.9. The molecule has 22 heavy (non-hydrogen) atoms. The lowest BCUT2D eigenvalue weighted by Crippen LogP contribution is -2.32.